The fourth-order valence-corrected chi connectivity index (χ4v) is 1.95. The van der Waals surface area contributed by atoms with Gasteiger partial charge in [-0.1, -0.05) is 12.1 Å². The van der Waals surface area contributed by atoms with Gasteiger partial charge in [0.1, 0.15) is 11.6 Å². The van der Waals surface area contributed by atoms with Crippen molar-refractivity contribution in [3.05, 3.63) is 52.9 Å². The molecule has 0 saturated carbocycles. The Hall–Kier alpha value is -1.71. The van der Waals surface area contributed by atoms with E-state index in [1.165, 1.54) is 0 Å². The summed E-state index contributed by atoms with van der Waals surface area (Å²) in [5.74, 6) is 0.215. The van der Waals surface area contributed by atoms with Gasteiger partial charge in [0.05, 0.1) is 18.8 Å². The summed E-state index contributed by atoms with van der Waals surface area (Å²) in [5.41, 5.74) is 1.08. The highest BCUT2D eigenvalue weighted by molar-refractivity contribution is 14.0. The maximum absolute atomic E-state index is 13.6. The average Bonchev–Trinajstić information content (AvgIpc) is 3.01. The molecule has 2 rings (SSSR count). The first-order valence-corrected chi connectivity index (χ1v) is 7.53. The van der Waals surface area contributed by atoms with Crippen LogP contribution in [0.2, 0.25) is 0 Å². The molecule has 0 unspecified atom stereocenters. The zero-order valence-corrected chi connectivity index (χ0v) is 15.9. The van der Waals surface area contributed by atoms with Crippen LogP contribution >= 0.6 is 24.0 Å². The van der Waals surface area contributed by atoms with Crippen molar-refractivity contribution in [2.24, 2.45) is 4.99 Å². The fourth-order valence-electron chi connectivity index (χ4n) is 1.95. The lowest BCUT2D eigenvalue weighted by molar-refractivity contribution is 0.374. The molecule has 2 N–H and O–H groups in total. The molecular weight excluding hydrogens is 429 g/mol. The molecule has 0 radical (unpaired) electrons. The van der Waals surface area contributed by atoms with Crippen LogP contribution in [0.3, 0.4) is 0 Å². The number of aromatic nitrogens is 1. The third-order valence-electron chi connectivity index (χ3n) is 3.16. The Morgan fingerprint density at radius 3 is 2.67 bits per heavy atom. The van der Waals surface area contributed by atoms with Crippen LogP contribution in [-0.4, -0.2) is 17.7 Å². The van der Waals surface area contributed by atoms with Crippen molar-refractivity contribution in [2.45, 2.75) is 33.4 Å². The van der Waals surface area contributed by atoms with E-state index in [4.69, 9.17) is 4.52 Å². The van der Waals surface area contributed by atoms with Crippen LogP contribution in [0.5, 0.6) is 0 Å². The minimum atomic E-state index is -0.483. The lowest BCUT2D eigenvalue weighted by atomic mass is 10.2. The summed E-state index contributed by atoms with van der Waals surface area (Å²) in [6, 6.07) is 5.19. The first kappa shape index (κ1) is 20.3. The fraction of sp³-hybridized carbons (Fsp3) is 0.375. The van der Waals surface area contributed by atoms with E-state index in [-0.39, 0.29) is 36.1 Å². The van der Waals surface area contributed by atoms with Gasteiger partial charge >= 0.3 is 0 Å². The number of nitrogens with zero attached hydrogens (tertiary/aromatic N) is 2. The first-order valence-electron chi connectivity index (χ1n) is 7.53. The highest BCUT2D eigenvalue weighted by Gasteiger charge is 2.06. The molecule has 24 heavy (non-hydrogen) atoms. The van der Waals surface area contributed by atoms with E-state index >= 15 is 0 Å². The van der Waals surface area contributed by atoms with Crippen molar-refractivity contribution in [3.8, 4) is 0 Å². The molecule has 1 heterocycles. The van der Waals surface area contributed by atoms with Gasteiger partial charge in [0.2, 0.25) is 0 Å². The van der Waals surface area contributed by atoms with Crippen molar-refractivity contribution in [2.75, 3.05) is 6.54 Å². The summed E-state index contributed by atoms with van der Waals surface area (Å²) < 4.78 is 31.9. The van der Waals surface area contributed by atoms with Crippen LogP contribution in [0, 0.1) is 11.6 Å². The molecular formula is C16H21F2IN4O. The van der Waals surface area contributed by atoms with Gasteiger partial charge in [0.15, 0.2) is 11.7 Å². The Morgan fingerprint density at radius 2 is 2.00 bits per heavy atom. The zero-order chi connectivity index (χ0) is 16.7. The summed E-state index contributed by atoms with van der Waals surface area (Å²) in [4.78, 5) is 4.25. The molecule has 0 bridgehead atoms. The van der Waals surface area contributed by atoms with E-state index in [1.807, 2.05) is 19.9 Å². The predicted molar refractivity (Wildman–Crippen MR) is 99.3 cm³/mol. The van der Waals surface area contributed by atoms with Gasteiger partial charge in [-0.15, -0.1) is 24.0 Å². The number of hydrogen-bond acceptors (Lipinski definition) is 3. The van der Waals surface area contributed by atoms with Crippen LogP contribution in [0.15, 0.2) is 33.8 Å². The minimum Gasteiger partial charge on any atom is -0.359 e. The van der Waals surface area contributed by atoms with Crippen molar-refractivity contribution in [3.63, 3.8) is 0 Å². The van der Waals surface area contributed by atoms with Gasteiger partial charge in [-0.2, -0.15) is 0 Å². The topological polar surface area (TPSA) is 62.5 Å². The van der Waals surface area contributed by atoms with E-state index in [1.54, 1.807) is 0 Å². The molecule has 0 fully saturated rings. The lowest BCUT2D eigenvalue weighted by Crippen LogP contribution is -2.36. The Bertz CT molecular complexity index is 676. The number of halogens is 3. The lowest BCUT2D eigenvalue weighted by Gasteiger charge is -2.10. The smallest absolute Gasteiger partial charge is 0.191 e. The van der Waals surface area contributed by atoms with Gasteiger partial charge in [-0.3, -0.25) is 0 Å². The van der Waals surface area contributed by atoms with Gasteiger partial charge in [-0.25, -0.2) is 13.8 Å². The molecule has 0 saturated heterocycles. The maximum atomic E-state index is 13.6. The molecule has 0 amide bonds. The monoisotopic (exact) mass is 450 g/mol. The summed E-state index contributed by atoms with van der Waals surface area (Å²) in [5, 5.41) is 10.0. The number of hydrogen-bond donors (Lipinski definition) is 2. The molecule has 0 aliphatic heterocycles. The third kappa shape index (κ3) is 6.06. The van der Waals surface area contributed by atoms with Crippen LogP contribution in [-0.2, 0) is 19.5 Å². The first-order chi connectivity index (χ1) is 11.1. The number of nitrogens with one attached hydrogen (secondary N) is 2. The van der Waals surface area contributed by atoms with Gasteiger partial charge < -0.3 is 15.2 Å². The highest BCUT2D eigenvalue weighted by atomic mass is 127. The van der Waals surface area contributed by atoms with Crippen molar-refractivity contribution < 1.29 is 13.3 Å². The molecule has 5 nitrogen and oxygen atoms in total. The SMILES string of the molecule is CCNC(=NCc1cc(F)ccc1F)NCc1cc(CC)no1.I. The Balaban J connectivity index is 0.00000288. The summed E-state index contributed by atoms with van der Waals surface area (Å²) >= 11 is 0. The van der Waals surface area contributed by atoms with Crippen LogP contribution in [0.4, 0.5) is 8.78 Å². The molecule has 0 aliphatic rings. The zero-order valence-electron chi connectivity index (χ0n) is 13.6. The van der Waals surface area contributed by atoms with E-state index in [9.17, 15) is 8.78 Å². The van der Waals surface area contributed by atoms with Crippen molar-refractivity contribution >= 4 is 29.9 Å². The van der Waals surface area contributed by atoms with Crippen LogP contribution in [0.1, 0.15) is 30.9 Å². The second kappa shape index (κ2) is 10.2. The second-order valence-corrected chi connectivity index (χ2v) is 4.92. The Labute approximate surface area is 156 Å². The van der Waals surface area contributed by atoms with E-state index in [2.05, 4.69) is 20.8 Å². The molecule has 0 atom stereocenters. The van der Waals surface area contributed by atoms with Crippen molar-refractivity contribution in [1.82, 2.24) is 15.8 Å². The van der Waals surface area contributed by atoms with E-state index < -0.39 is 11.6 Å². The van der Waals surface area contributed by atoms with E-state index in [0.29, 0.717) is 24.8 Å². The van der Waals surface area contributed by atoms with E-state index in [0.717, 1.165) is 30.3 Å². The minimum absolute atomic E-state index is 0. The highest BCUT2D eigenvalue weighted by Crippen LogP contribution is 2.10. The normalized spacial score (nSPS) is 11.1. The average molecular weight is 450 g/mol. The van der Waals surface area contributed by atoms with Gasteiger partial charge in [-0.05, 0) is 31.5 Å². The Morgan fingerprint density at radius 1 is 1.21 bits per heavy atom. The van der Waals surface area contributed by atoms with Gasteiger partial charge in [0.25, 0.3) is 0 Å². The number of rotatable bonds is 6. The quantitative estimate of drug-likeness (QED) is 0.403. The summed E-state index contributed by atoms with van der Waals surface area (Å²) in [7, 11) is 0. The molecule has 1 aromatic heterocycles. The molecule has 0 aliphatic carbocycles. The summed E-state index contributed by atoms with van der Waals surface area (Å²) in [6.07, 6.45) is 0.802. The largest absolute Gasteiger partial charge is 0.359 e. The number of aryl methyl sites for hydroxylation is 1. The molecule has 1 aromatic carbocycles. The predicted octanol–water partition coefficient (Wildman–Crippen LogP) is 3.39. The molecule has 0 spiro atoms. The van der Waals surface area contributed by atoms with Crippen molar-refractivity contribution in [1.29, 1.82) is 0 Å². The van der Waals surface area contributed by atoms with Crippen LogP contribution < -0.4 is 10.6 Å². The van der Waals surface area contributed by atoms with Crippen LogP contribution in [0.25, 0.3) is 0 Å². The maximum Gasteiger partial charge on any atom is 0.191 e. The van der Waals surface area contributed by atoms with Gasteiger partial charge in [0, 0.05) is 18.2 Å². The number of guanidine groups is 1. The molecule has 8 heteroatoms. The third-order valence-corrected chi connectivity index (χ3v) is 3.16. The molecule has 2 aromatic rings. The standard InChI is InChI=1S/C16H20F2N4O.HI/c1-3-13-8-14(23-22-13)10-21-16(19-4-2)20-9-11-7-12(17)5-6-15(11)18;/h5-8H,3-4,9-10H2,1-2H3,(H2,19,20,21);1H. The molecule has 132 valence electrons. The number of aliphatic imine (C=N–C) groups is 1. The second-order valence-electron chi connectivity index (χ2n) is 4.92. The summed E-state index contributed by atoms with van der Waals surface area (Å²) in [6.45, 7) is 5.01. The Kier molecular flexibility index (Phi) is 8.66. The number of benzene rings is 1.